The summed E-state index contributed by atoms with van der Waals surface area (Å²) in [6, 6.07) is 7.01. The van der Waals surface area contributed by atoms with Gasteiger partial charge in [-0.15, -0.1) is 0 Å². The van der Waals surface area contributed by atoms with Crippen LogP contribution >= 0.6 is 0 Å². The van der Waals surface area contributed by atoms with Gasteiger partial charge in [0.1, 0.15) is 11.3 Å². The zero-order valence-corrected chi connectivity index (χ0v) is 16.1. The van der Waals surface area contributed by atoms with Crippen LogP contribution in [0.1, 0.15) is 56.4 Å². The molecule has 0 saturated heterocycles. The normalized spacial score (nSPS) is 11.8. The molecule has 0 aromatic carbocycles. The fraction of sp³-hybridized carbons (Fsp3) is 0.400. The highest BCUT2D eigenvalue weighted by Crippen LogP contribution is 2.27. The van der Waals surface area contributed by atoms with Crippen molar-refractivity contribution in [3.05, 3.63) is 53.6 Å². The average molecular weight is 355 g/mol. The highest BCUT2D eigenvalue weighted by molar-refractivity contribution is 6.02. The molecule has 0 atom stereocenters. The maximum absolute atomic E-state index is 12.9. The van der Waals surface area contributed by atoms with Gasteiger partial charge >= 0.3 is 6.09 Å². The van der Waals surface area contributed by atoms with Gasteiger partial charge < -0.3 is 4.74 Å². The lowest BCUT2D eigenvalue weighted by Gasteiger charge is -2.23. The molecule has 0 spiro atoms. The third kappa shape index (κ3) is 4.88. The van der Waals surface area contributed by atoms with Crippen molar-refractivity contribution in [1.82, 2.24) is 9.97 Å². The summed E-state index contributed by atoms with van der Waals surface area (Å²) in [6.45, 7) is 10.9. The van der Waals surface area contributed by atoms with Gasteiger partial charge in [-0.2, -0.15) is 0 Å². The lowest BCUT2D eigenvalue weighted by molar-refractivity contribution is 0.0635. The largest absolute Gasteiger partial charge is 0.444 e. The molecule has 0 bridgehead atoms. The molecule has 2 aromatic rings. The summed E-state index contributed by atoms with van der Waals surface area (Å²) in [7, 11) is 0. The summed E-state index contributed by atoms with van der Waals surface area (Å²) in [5.41, 5.74) is 1.17. The van der Waals surface area contributed by atoms with Crippen LogP contribution in [0, 0.1) is 6.92 Å². The van der Waals surface area contributed by atoms with Gasteiger partial charge in [0, 0.05) is 11.9 Å². The van der Waals surface area contributed by atoms with E-state index in [0.717, 1.165) is 11.3 Å². The molecule has 2 heterocycles. The number of aryl methyl sites for hydroxylation is 1. The minimum Gasteiger partial charge on any atom is -0.444 e. The molecular formula is C20H25N3O3. The number of hydrogen-bond donors (Lipinski definition) is 1. The second kappa shape index (κ2) is 7.23. The second-order valence-electron chi connectivity index (χ2n) is 7.70. The number of anilines is 1. The quantitative estimate of drug-likeness (QED) is 0.827. The third-order valence-corrected chi connectivity index (χ3v) is 3.84. The van der Waals surface area contributed by atoms with Crippen molar-refractivity contribution in [2.45, 2.75) is 52.6 Å². The number of hydrogen-bond acceptors (Lipinski definition) is 5. The first kappa shape index (κ1) is 19.6. The Morgan fingerprint density at radius 2 is 1.65 bits per heavy atom. The number of nitrogens with zero attached hydrogens (tertiary/aromatic N) is 2. The molecule has 1 amide bonds. The number of amides is 1. The summed E-state index contributed by atoms with van der Waals surface area (Å²) in [6.07, 6.45) is 2.59. The Bertz CT molecular complexity index is 789. The molecule has 6 nitrogen and oxygen atoms in total. The Morgan fingerprint density at radius 1 is 0.962 bits per heavy atom. The van der Waals surface area contributed by atoms with E-state index in [2.05, 4.69) is 15.3 Å². The van der Waals surface area contributed by atoms with Crippen LogP contribution in [0.25, 0.3) is 0 Å². The first-order chi connectivity index (χ1) is 12.0. The molecule has 1 N–H and O–H groups in total. The van der Waals surface area contributed by atoms with Crippen molar-refractivity contribution in [3.8, 4) is 0 Å². The fourth-order valence-electron chi connectivity index (χ4n) is 2.31. The van der Waals surface area contributed by atoms with Crippen molar-refractivity contribution in [3.63, 3.8) is 0 Å². The van der Waals surface area contributed by atoms with Crippen molar-refractivity contribution < 1.29 is 14.3 Å². The lowest BCUT2D eigenvalue weighted by Crippen LogP contribution is -2.30. The van der Waals surface area contributed by atoms with Gasteiger partial charge in [-0.25, -0.2) is 4.79 Å². The minimum atomic E-state index is -0.756. The maximum Gasteiger partial charge on any atom is 0.412 e. The number of rotatable bonds is 4. The predicted octanol–water partition coefficient (Wildman–Crippen LogP) is 4.29. The van der Waals surface area contributed by atoms with Gasteiger partial charge in [0.25, 0.3) is 0 Å². The summed E-state index contributed by atoms with van der Waals surface area (Å²) in [5.74, 6) is -0.119. The van der Waals surface area contributed by atoms with Gasteiger partial charge in [-0.3, -0.25) is 20.1 Å². The van der Waals surface area contributed by atoms with Gasteiger partial charge in [-0.05, 0) is 65.3 Å². The molecule has 0 unspecified atom stereocenters. The Labute approximate surface area is 154 Å². The fourth-order valence-corrected chi connectivity index (χ4v) is 2.31. The van der Waals surface area contributed by atoms with E-state index in [1.54, 1.807) is 39.1 Å². The first-order valence-electron chi connectivity index (χ1n) is 8.43. The molecule has 0 aliphatic rings. The SMILES string of the molecule is Cc1ccc(C(C)(C)C(=O)c2ccc(NC(=O)OC(C)(C)C)cn2)cn1. The van der Waals surface area contributed by atoms with Gasteiger partial charge in [0.15, 0.2) is 5.78 Å². The molecule has 0 saturated carbocycles. The van der Waals surface area contributed by atoms with Crippen molar-refractivity contribution in [2.24, 2.45) is 0 Å². The summed E-state index contributed by atoms with van der Waals surface area (Å²) < 4.78 is 5.19. The summed E-state index contributed by atoms with van der Waals surface area (Å²) >= 11 is 0. The number of pyridine rings is 2. The molecule has 0 fully saturated rings. The van der Waals surface area contributed by atoms with E-state index < -0.39 is 17.1 Å². The van der Waals surface area contributed by atoms with Gasteiger partial charge in [0.05, 0.1) is 17.3 Å². The zero-order valence-electron chi connectivity index (χ0n) is 16.1. The molecule has 138 valence electrons. The Morgan fingerprint density at radius 3 is 2.15 bits per heavy atom. The highest BCUT2D eigenvalue weighted by atomic mass is 16.6. The van der Waals surface area contributed by atoms with E-state index in [-0.39, 0.29) is 5.78 Å². The average Bonchev–Trinajstić information content (AvgIpc) is 2.53. The highest BCUT2D eigenvalue weighted by Gasteiger charge is 2.32. The standard InChI is InChI=1S/C20H25N3O3/c1-13-7-8-14(11-21-13)20(5,6)17(24)16-10-9-15(12-22-16)23-18(25)26-19(2,3)4/h7-12H,1-6H3,(H,23,25). The van der Waals surface area contributed by atoms with E-state index in [4.69, 9.17) is 4.74 Å². The van der Waals surface area contributed by atoms with Crippen LogP contribution in [-0.4, -0.2) is 27.4 Å². The second-order valence-corrected chi connectivity index (χ2v) is 7.70. The van der Waals surface area contributed by atoms with Gasteiger partial charge in [0.2, 0.25) is 0 Å². The lowest BCUT2D eigenvalue weighted by atomic mass is 9.80. The van der Waals surface area contributed by atoms with E-state index in [1.165, 1.54) is 6.20 Å². The summed E-state index contributed by atoms with van der Waals surface area (Å²) in [5, 5.41) is 2.60. The Kier molecular flexibility index (Phi) is 5.44. The van der Waals surface area contributed by atoms with E-state index in [1.807, 2.05) is 32.9 Å². The molecule has 0 radical (unpaired) electrons. The molecule has 0 aliphatic heterocycles. The Hall–Kier alpha value is -2.76. The zero-order chi connectivity index (χ0) is 19.5. The van der Waals surface area contributed by atoms with E-state index in [0.29, 0.717) is 11.4 Å². The van der Waals surface area contributed by atoms with Crippen molar-refractivity contribution in [2.75, 3.05) is 5.32 Å². The number of ketones is 1. The number of carbonyl (C=O) groups is 2. The van der Waals surface area contributed by atoms with Crippen molar-refractivity contribution >= 4 is 17.6 Å². The van der Waals surface area contributed by atoms with Crippen molar-refractivity contribution in [1.29, 1.82) is 0 Å². The van der Waals surface area contributed by atoms with Crippen LogP contribution in [0.2, 0.25) is 0 Å². The molecule has 2 rings (SSSR count). The maximum atomic E-state index is 12.9. The molecule has 0 aliphatic carbocycles. The number of Topliss-reactive ketones (excluding diaryl/α,β-unsaturated/α-hetero) is 1. The molecule has 2 aromatic heterocycles. The molecule has 6 heteroatoms. The number of aromatic nitrogens is 2. The first-order valence-corrected chi connectivity index (χ1v) is 8.43. The monoisotopic (exact) mass is 355 g/mol. The number of nitrogens with one attached hydrogen (secondary N) is 1. The number of ether oxygens (including phenoxy) is 1. The topological polar surface area (TPSA) is 81.2 Å². The van der Waals surface area contributed by atoms with E-state index >= 15 is 0 Å². The van der Waals surface area contributed by atoms with Gasteiger partial charge in [-0.1, -0.05) is 6.07 Å². The summed E-state index contributed by atoms with van der Waals surface area (Å²) in [4.78, 5) is 33.1. The van der Waals surface area contributed by atoms with E-state index in [9.17, 15) is 9.59 Å². The Balaban J connectivity index is 2.13. The molecular weight excluding hydrogens is 330 g/mol. The third-order valence-electron chi connectivity index (χ3n) is 3.84. The predicted molar refractivity (Wildman–Crippen MR) is 100 cm³/mol. The smallest absolute Gasteiger partial charge is 0.412 e. The van der Waals surface area contributed by atoms with Crippen LogP contribution in [0.5, 0.6) is 0 Å². The van der Waals surface area contributed by atoms with Crippen LogP contribution in [0.4, 0.5) is 10.5 Å². The number of carbonyl (C=O) groups excluding carboxylic acids is 2. The van der Waals surface area contributed by atoms with Crippen LogP contribution in [0.15, 0.2) is 36.7 Å². The molecule has 26 heavy (non-hydrogen) atoms. The van der Waals surface area contributed by atoms with Crippen LogP contribution in [0.3, 0.4) is 0 Å². The minimum absolute atomic E-state index is 0.119. The van der Waals surface area contributed by atoms with Crippen LogP contribution in [-0.2, 0) is 10.2 Å². The van der Waals surface area contributed by atoms with Crippen LogP contribution < -0.4 is 5.32 Å².